The minimum atomic E-state index is -4.90. The van der Waals surface area contributed by atoms with Crippen LogP contribution in [0, 0.1) is 11.2 Å². The van der Waals surface area contributed by atoms with Crippen LogP contribution in [0.1, 0.15) is 58.8 Å². The number of aromatic nitrogens is 2. The first kappa shape index (κ1) is 29.2. The first-order chi connectivity index (χ1) is 16.7. The van der Waals surface area contributed by atoms with E-state index in [4.69, 9.17) is 0 Å². The molecule has 2 atom stereocenters. The van der Waals surface area contributed by atoms with Crippen LogP contribution in [-0.4, -0.2) is 25.0 Å². The summed E-state index contributed by atoms with van der Waals surface area (Å²) >= 11 is -2.13. The first-order valence-electron chi connectivity index (χ1n) is 11.3. The van der Waals surface area contributed by atoms with Gasteiger partial charge in [-0.15, -0.1) is 4.72 Å². The summed E-state index contributed by atoms with van der Waals surface area (Å²) < 4.78 is 114. The van der Waals surface area contributed by atoms with Crippen LogP contribution in [0.2, 0.25) is 0 Å². The molecule has 0 bridgehead atoms. The van der Waals surface area contributed by atoms with Crippen molar-refractivity contribution in [2.75, 3.05) is 0 Å². The van der Waals surface area contributed by atoms with Crippen molar-refractivity contribution >= 4 is 22.3 Å². The van der Waals surface area contributed by atoms with Crippen LogP contribution in [0.25, 0.3) is 22.0 Å². The van der Waals surface area contributed by atoms with Crippen LogP contribution in [0.5, 0.6) is 0 Å². The summed E-state index contributed by atoms with van der Waals surface area (Å²) in [5.74, 6) is -1.14. The Morgan fingerprint density at radius 2 is 1.62 bits per heavy atom. The smallest absolute Gasteiger partial charge is 0.433 e. The molecule has 2 aromatic heterocycles. The Kier molecular flexibility index (Phi) is 7.73. The van der Waals surface area contributed by atoms with Crippen molar-refractivity contribution in [2.24, 2.45) is 5.41 Å². The van der Waals surface area contributed by atoms with Crippen molar-refractivity contribution in [1.29, 1.82) is 0 Å². The highest BCUT2D eigenvalue weighted by atomic mass is 32.2. The Labute approximate surface area is 213 Å². The average Bonchev–Trinajstić information content (AvgIpc) is 3.04. The van der Waals surface area contributed by atoms with E-state index in [0.717, 1.165) is 24.4 Å². The molecule has 0 saturated heterocycles. The van der Waals surface area contributed by atoms with Crippen LogP contribution in [0.3, 0.4) is 0 Å². The highest BCUT2D eigenvalue weighted by Crippen LogP contribution is 2.42. The van der Waals surface area contributed by atoms with E-state index >= 15 is 4.39 Å². The fourth-order valence-corrected chi connectivity index (χ4v) is 4.68. The van der Waals surface area contributed by atoms with E-state index in [1.165, 1.54) is 37.6 Å². The number of alkyl halides is 6. The summed E-state index contributed by atoms with van der Waals surface area (Å²) in [4.78, 5) is 3.36. The second-order valence-corrected chi connectivity index (χ2v) is 13.0. The Bertz CT molecular complexity index is 1270. The lowest BCUT2D eigenvalue weighted by Gasteiger charge is -2.29. The molecule has 0 aliphatic carbocycles. The van der Waals surface area contributed by atoms with Crippen molar-refractivity contribution in [3.05, 3.63) is 53.7 Å². The molecule has 0 amide bonds. The van der Waals surface area contributed by atoms with Gasteiger partial charge in [-0.2, -0.15) is 26.3 Å². The molecule has 0 radical (unpaired) electrons. The third-order valence-electron chi connectivity index (χ3n) is 5.43. The van der Waals surface area contributed by atoms with Gasteiger partial charge in [0.15, 0.2) is 11.7 Å². The van der Waals surface area contributed by atoms with E-state index in [-0.39, 0.29) is 23.0 Å². The summed E-state index contributed by atoms with van der Waals surface area (Å²) in [7, 11) is 0. The summed E-state index contributed by atoms with van der Waals surface area (Å²) in [5, 5.41) is -0.149. The van der Waals surface area contributed by atoms with Gasteiger partial charge in [0.2, 0.25) is 0 Å². The molecular formula is C25H28F7N3OS. The molecular weight excluding hydrogens is 523 g/mol. The zero-order valence-corrected chi connectivity index (χ0v) is 21.9. The number of fused-ring (bicyclic) bond motifs is 1. The molecule has 1 N–H and O–H groups in total. The molecule has 1 aromatic carbocycles. The number of hydrogen-bond donors (Lipinski definition) is 1. The minimum Gasteiger partial charge on any atom is -0.598 e. The standard InChI is InChI=1S/C25H28F7N3OS/c1-22(2,3)13-35-12-17(21(25(30,31)32)34-37(36)23(4,5)6)16-10-18(26)15(11-19(16)35)14-8-7-9-33-20(14)24(27,28)29/h7-12,21,34H,13H2,1-6H3/t21-,37-/m0/s1. The average molecular weight is 552 g/mol. The number of nitrogens with zero attached hydrogens (tertiary/aromatic N) is 2. The molecule has 0 spiro atoms. The molecule has 3 rings (SSSR count). The predicted octanol–water partition coefficient (Wildman–Crippen LogP) is 7.56. The first-order valence-corrected chi connectivity index (χ1v) is 12.4. The normalized spacial score (nSPS) is 15.3. The second-order valence-electron chi connectivity index (χ2n) is 11.0. The van der Waals surface area contributed by atoms with Crippen LogP contribution < -0.4 is 4.72 Å². The minimum absolute atomic E-state index is 0.107. The van der Waals surface area contributed by atoms with Gasteiger partial charge in [-0.3, -0.25) is 4.98 Å². The Hall–Kier alpha value is -2.31. The van der Waals surface area contributed by atoms with Crippen LogP contribution in [0.15, 0.2) is 36.7 Å². The van der Waals surface area contributed by atoms with Crippen molar-refractivity contribution < 1.29 is 35.3 Å². The highest BCUT2D eigenvalue weighted by Gasteiger charge is 2.47. The van der Waals surface area contributed by atoms with Crippen LogP contribution >= 0.6 is 0 Å². The Morgan fingerprint density at radius 3 is 2.14 bits per heavy atom. The van der Waals surface area contributed by atoms with Gasteiger partial charge in [0.05, 0.1) is 0 Å². The molecule has 4 nitrogen and oxygen atoms in total. The zero-order chi connectivity index (χ0) is 28.1. The molecule has 12 heteroatoms. The van der Waals surface area contributed by atoms with E-state index < -0.39 is 62.6 Å². The topological polar surface area (TPSA) is 52.9 Å². The lowest BCUT2D eigenvalue weighted by molar-refractivity contribution is -0.152. The van der Waals surface area contributed by atoms with Crippen molar-refractivity contribution in [2.45, 2.75) is 71.2 Å². The maximum atomic E-state index is 15.3. The van der Waals surface area contributed by atoms with E-state index in [9.17, 15) is 30.9 Å². The van der Waals surface area contributed by atoms with Gasteiger partial charge in [-0.1, -0.05) is 26.8 Å². The van der Waals surface area contributed by atoms with Gasteiger partial charge in [0.1, 0.15) is 10.6 Å². The quantitative estimate of drug-likeness (QED) is 0.263. The maximum Gasteiger partial charge on any atom is 0.433 e. The third-order valence-corrected chi connectivity index (χ3v) is 6.99. The summed E-state index contributed by atoms with van der Waals surface area (Å²) in [5.41, 5.74) is -2.99. The SMILES string of the molecule is CC(C)(C)Cn1cc([C@H](N[S@@+]([O-])C(C)(C)C)C(F)(F)F)c2cc(F)c(-c3cccnc3C(F)(F)F)cc21. The molecule has 0 unspecified atom stereocenters. The molecule has 2 heterocycles. The molecule has 3 aromatic rings. The summed E-state index contributed by atoms with van der Waals surface area (Å²) in [6, 6.07) is 1.78. The molecule has 0 saturated carbocycles. The second kappa shape index (κ2) is 9.77. The third kappa shape index (κ3) is 6.58. The van der Waals surface area contributed by atoms with E-state index in [1.54, 1.807) is 0 Å². The van der Waals surface area contributed by atoms with Gasteiger partial charge in [0.25, 0.3) is 0 Å². The number of rotatable bonds is 5. The molecule has 37 heavy (non-hydrogen) atoms. The van der Waals surface area contributed by atoms with Crippen molar-refractivity contribution in [1.82, 2.24) is 14.3 Å². The molecule has 204 valence electrons. The zero-order valence-electron chi connectivity index (χ0n) is 21.1. The summed E-state index contributed by atoms with van der Waals surface area (Å²) in [6.45, 7) is 10.2. The highest BCUT2D eigenvalue weighted by molar-refractivity contribution is 7.90. The van der Waals surface area contributed by atoms with Crippen molar-refractivity contribution in [3.8, 4) is 11.1 Å². The number of benzene rings is 1. The van der Waals surface area contributed by atoms with Crippen molar-refractivity contribution in [3.63, 3.8) is 0 Å². The Morgan fingerprint density at radius 1 is 1.00 bits per heavy atom. The molecule has 0 fully saturated rings. The van der Waals surface area contributed by atoms with Gasteiger partial charge in [0, 0.05) is 57.9 Å². The predicted molar refractivity (Wildman–Crippen MR) is 129 cm³/mol. The van der Waals surface area contributed by atoms with Crippen LogP contribution in [-0.2, 0) is 24.1 Å². The maximum absolute atomic E-state index is 15.3. The largest absolute Gasteiger partial charge is 0.598 e. The lowest BCUT2D eigenvalue weighted by atomic mass is 9.96. The summed E-state index contributed by atoms with van der Waals surface area (Å²) in [6.07, 6.45) is -7.65. The van der Waals surface area contributed by atoms with E-state index in [2.05, 4.69) is 9.71 Å². The molecule has 0 aliphatic heterocycles. The van der Waals surface area contributed by atoms with Gasteiger partial charge in [-0.25, -0.2) is 4.39 Å². The lowest BCUT2D eigenvalue weighted by Crippen LogP contribution is -2.45. The van der Waals surface area contributed by atoms with Gasteiger partial charge in [-0.05, 0) is 44.4 Å². The van der Waals surface area contributed by atoms with E-state index in [1.807, 2.05) is 20.8 Å². The van der Waals surface area contributed by atoms with Gasteiger partial charge >= 0.3 is 12.4 Å². The monoisotopic (exact) mass is 551 g/mol. The fraction of sp³-hybridized carbons (Fsp3) is 0.480. The van der Waals surface area contributed by atoms with E-state index in [0.29, 0.717) is 0 Å². The fourth-order valence-electron chi connectivity index (χ4n) is 3.85. The number of halogens is 7. The number of hydrogen-bond acceptors (Lipinski definition) is 3. The van der Waals surface area contributed by atoms with Gasteiger partial charge < -0.3 is 9.12 Å². The van der Waals surface area contributed by atoms with Crippen LogP contribution in [0.4, 0.5) is 30.7 Å². The number of pyridine rings is 1. The molecule has 0 aliphatic rings. The Balaban J connectivity index is 2.32. The number of nitrogens with one attached hydrogen (secondary N) is 1.